The second-order valence-electron chi connectivity index (χ2n) is 4.72. The van der Waals surface area contributed by atoms with Gasteiger partial charge in [-0.25, -0.2) is 0 Å². The third-order valence-electron chi connectivity index (χ3n) is 3.14. The van der Waals surface area contributed by atoms with E-state index in [1.54, 1.807) is 6.92 Å². The summed E-state index contributed by atoms with van der Waals surface area (Å²) in [4.78, 5) is 11.2. The molecule has 1 N–H and O–H groups in total. The summed E-state index contributed by atoms with van der Waals surface area (Å²) in [5, 5.41) is 7.29. The number of carbonyl (C=O) groups is 1. The van der Waals surface area contributed by atoms with Gasteiger partial charge in [-0.1, -0.05) is 28.9 Å². The standard InChI is InChI=1S/C14H13ClN2O3/c1-7-11(16-8(2)18)13(20-17-7)14-12(19-14)9-3-5-10(15)6-4-9/h3-6,12,14H,1-2H3,(H,16,18)/t12-,14+/m0/s1. The number of halogens is 1. The van der Waals surface area contributed by atoms with Crippen molar-refractivity contribution in [1.82, 2.24) is 5.16 Å². The van der Waals surface area contributed by atoms with Gasteiger partial charge in [-0.3, -0.25) is 4.79 Å². The van der Waals surface area contributed by atoms with E-state index in [-0.39, 0.29) is 18.1 Å². The van der Waals surface area contributed by atoms with Gasteiger partial charge in [-0.2, -0.15) is 0 Å². The van der Waals surface area contributed by atoms with Crippen LogP contribution in [0.25, 0.3) is 0 Å². The zero-order chi connectivity index (χ0) is 14.3. The van der Waals surface area contributed by atoms with E-state index < -0.39 is 0 Å². The molecule has 20 heavy (non-hydrogen) atoms. The third-order valence-corrected chi connectivity index (χ3v) is 3.39. The zero-order valence-electron chi connectivity index (χ0n) is 11.0. The molecule has 0 aliphatic carbocycles. The Bertz CT molecular complexity index is 651. The van der Waals surface area contributed by atoms with Gasteiger partial charge in [0.05, 0.1) is 0 Å². The number of hydrogen-bond donors (Lipinski definition) is 1. The molecule has 3 rings (SSSR count). The fourth-order valence-electron chi connectivity index (χ4n) is 2.13. The molecule has 1 aromatic heterocycles. The van der Waals surface area contributed by atoms with Crippen LogP contribution in [0.2, 0.25) is 5.02 Å². The largest absolute Gasteiger partial charge is 0.356 e. The number of aryl methyl sites for hydroxylation is 1. The SMILES string of the molecule is CC(=O)Nc1c(C)noc1[C@@H]1O[C@H]1c1ccc(Cl)cc1. The van der Waals surface area contributed by atoms with Crippen molar-refractivity contribution >= 4 is 23.2 Å². The van der Waals surface area contributed by atoms with Crippen molar-refractivity contribution in [3.8, 4) is 0 Å². The number of aromatic nitrogens is 1. The summed E-state index contributed by atoms with van der Waals surface area (Å²) in [6, 6.07) is 7.45. The van der Waals surface area contributed by atoms with E-state index in [0.29, 0.717) is 22.2 Å². The lowest BCUT2D eigenvalue weighted by molar-refractivity contribution is -0.114. The van der Waals surface area contributed by atoms with Gasteiger partial charge in [0.25, 0.3) is 0 Å². The Kier molecular flexibility index (Phi) is 3.23. The van der Waals surface area contributed by atoms with Crippen LogP contribution in [0.3, 0.4) is 0 Å². The molecule has 1 amide bonds. The molecule has 2 heterocycles. The van der Waals surface area contributed by atoms with Crippen molar-refractivity contribution < 1.29 is 14.1 Å². The number of ether oxygens (including phenoxy) is 1. The highest BCUT2D eigenvalue weighted by Crippen LogP contribution is 2.53. The maximum absolute atomic E-state index is 11.2. The van der Waals surface area contributed by atoms with E-state index in [9.17, 15) is 4.79 Å². The molecule has 1 aliphatic heterocycles. The molecule has 0 spiro atoms. The maximum Gasteiger partial charge on any atom is 0.221 e. The molecule has 1 saturated heterocycles. The first-order valence-electron chi connectivity index (χ1n) is 6.21. The average molecular weight is 293 g/mol. The second-order valence-corrected chi connectivity index (χ2v) is 5.15. The van der Waals surface area contributed by atoms with E-state index in [0.717, 1.165) is 5.56 Å². The van der Waals surface area contributed by atoms with Crippen LogP contribution < -0.4 is 5.32 Å². The van der Waals surface area contributed by atoms with Gasteiger partial charge in [0.15, 0.2) is 11.9 Å². The van der Waals surface area contributed by atoms with Gasteiger partial charge in [-0.05, 0) is 24.6 Å². The molecule has 0 unspecified atom stereocenters. The van der Waals surface area contributed by atoms with E-state index in [1.165, 1.54) is 6.92 Å². The highest BCUT2D eigenvalue weighted by Gasteiger charge is 2.46. The first kappa shape index (κ1) is 13.1. The molecular formula is C14H13ClN2O3. The molecule has 6 heteroatoms. The highest BCUT2D eigenvalue weighted by atomic mass is 35.5. The fraction of sp³-hybridized carbons (Fsp3) is 0.286. The van der Waals surface area contributed by atoms with Gasteiger partial charge in [0, 0.05) is 11.9 Å². The Labute approximate surface area is 120 Å². The van der Waals surface area contributed by atoms with Crippen LogP contribution >= 0.6 is 11.6 Å². The first-order chi connectivity index (χ1) is 9.56. The van der Waals surface area contributed by atoms with E-state index in [4.69, 9.17) is 20.9 Å². The summed E-state index contributed by atoms with van der Waals surface area (Å²) in [7, 11) is 0. The summed E-state index contributed by atoms with van der Waals surface area (Å²) >= 11 is 5.86. The maximum atomic E-state index is 11.2. The minimum Gasteiger partial charge on any atom is -0.356 e. The number of rotatable bonds is 3. The molecule has 5 nitrogen and oxygen atoms in total. The Morgan fingerprint density at radius 1 is 1.30 bits per heavy atom. The average Bonchev–Trinajstić information content (AvgIpc) is 3.11. The predicted molar refractivity (Wildman–Crippen MR) is 73.6 cm³/mol. The lowest BCUT2D eigenvalue weighted by Crippen LogP contribution is -2.07. The Balaban J connectivity index is 1.82. The minimum absolute atomic E-state index is 0.0906. The zero-order valence-corrected chi connectivity index (χ0v) is 11.8. The molecular weight excluding hydrogens is 280 g/mol. The summed E-state index contributed by atoms with van der Waals surface area (Å²) in [6.07, 6.45) is -0.314. The summed E-state index contributed by atoms with van der Waals surface area (Å²) in [6.45, 7) is 3.22. The number of hydrogen-bond acceptors (Lipinski definition) is 4. The summed E-state index contributed by atoms with van der Waals surface area (Å²) in [5.41, 5.74) is 2.25. The molecule has 0 radical (unpaired) electrons. The molecule has 1 fully saturated rings. The van der Waals surface area contributed by atoms with Crippen molar-refractivity contribution in [1.29, 1.82) is 0 Å². The Morgan fingerprint density at radius 3 is 2.65 bits per heavy atom. The normalized spacial score (nSPS) is 20.8. The van der Waals surface area contributed by atoms with Crippen LogP contribution in [0.15, 0.2) is 28.8 Å². The fourth-order valence-corrected chi connectivity index (χ4v) is 2.25. The van der Waals surface area contributed by atoms with Crippen molar-refractivity contribution in [2.24, 2.45) is 0 Å². The van der Waals surface area contributed by atoms with Crippen LogP contribution in [0.5, 0.6) is 0 Å². The lowest BCUT2D eigenvalue weighted by atomic mass is 10.1. The van der Waals surface area contributed by atoms with Crippen LogP contribution in [-0.2, 0) is 9.53 Å². The summed E-state index contributed by atoms with van der Waals surface area (Å²) in [5.74, 6) is 0.388. The molecule has 1 aliphatic rings. The predicted octanol–water partition coefficient (Wildman–Crippen LogP) is 3.41. The quantitative estimate of drug-likeness (QED) is 0.880. The molecule has 1 aromatic carbocycles. The monoisotopic (exact) mass is 292 g/mol. The van der Waals surface area contributed by atoms with Crippen LogP contribution in [0.1, 0.15) is 36.1 Å². The van der Waals surface area contributed by atoms with Gasteiger partial charge in [-0.15, -0.1) is 0 Å². The van der Waals surface area contributed by atoms with Gasteiger partial charge >= 0.3 is 0 Å². The van der Waals surface area contributed by atoms with Crippen molar-refractivity contribution in [3.05, 3.63) is 46.3 Å². The first-order valence-corrected chi connectivity index (χ1v) is 6.58. The van der Waals surface area contributed by atoms with Crippen molar-refractivity contribution in [2.45, 2.75) is 26.1 Å². The Hall–Kier alpha value is -1.85. The number of nitrogens with zero attached hydrogens (tertiary/aromatic N) is 1. The Morgan fingerprint density at radius 2 is 2.00 bits per heavy atom. The number of epoxide rings is 1. The minimum atomic E-state index is -0.223. The van der Waals surface area contributed by atoms with Crippen LogP contribution in [0, 0.1) is 6.92 Å². The third kappa shape index (κ3) is 2.42. The highest BCUT2D eigenvalue weighted by molar-refractivity contribution is 6.30. The lowest BCUT2D eigenvalue weighted by Gasteiger charge is -2.00. The molecule has 0 saturated carbocycles. The van der Waals surface area contributed by atoms with E-state index in [1.807, 2.05) is 24.3 Å². The molecule has 0 bridgehead atoms. The number of nitrogens with one attached hydrogen (secondary N) is 1. The number of carbonyl (C=O) groups excluding carboxylic acids is 1. The molecule has 2 atom stereocenters. The van der Waals surface area contributed by atoms with E-state index >= 15 is 0 Å². The van der Waals surface area contributed by atoms with Gasteiger partial charge in [0.1, 0.15) is 17.5 Å². The molecule has 2 aromatic rings. The van der Waals surface area contributed by atoms with Gasteiger partial charge in [0.2, 0.25) is 5.91 Å². The second kappa shape index (κ2) is 4.92. The van der Waals surface area contributed by atoms with Gasteiger partial charge < -0.3 is 14.6 Å². The smallest absolute Gasteiger partial charge is 0.221 e. The number of anilines is 1. The van der Waals surface area contributed by atoms with E-state index in [2.05, 4.69) is 10.5 Å². The van der Waals surface area contributed by atoms with Crippen LogP contribution in [0.4, 0.5) is 5.69 Å². The topological polar surface area (TPSA) is 67.7 Å². The molecule has 104 valence electrons. The number of amides is 1. The number of benzene rings is 1. The summed E-state index contributed by atoms with van der Waals surface area (Å²) < 4.78 is 10.9. The van der Waals surface area contributed by atoms with Crippen molar-refractivity contribution in [3.63, 3.8) is 0 Å². The van der Waals surface area contributed by atoms with Crippen LogP contribution in [-0.4, -0.2) is 11.1 Å². The van der Waals surface area contributed by atoms with Crippen molar-refractivity contribution in [2.75, 3.05) is 5.32 Å².